The number of hydrogen-bond donors (Lipinski definition) is 2. The highest BCUT2D eigenvalue weighted by Crippen LogP contribution is 2.29. The molecule has 2 rings (SSSR count). The lowest BCUT2D eigenvalue weighted by Crippen LogP contribution is -2.47. The Morgan fingerprint density at radius 2 is 2.00 bits per heavy atom. The van der Waals surface area contributed by atoms with Crippen LogP contribution in [0.4, 0.5) is 0 Å². The number of rotatable bonds is 6. The lowest BCUT2D eigenvalue weighted by Gasteiger charge is -2.37. The summed E-state index contributed by atoms with van der Waals surface area (Å²) in [7, 11) is -1.86. The van der Waals surface area contributed by atoms with E-state index in [1.807, 2.05) is 6.07 Å². The van der Waals surface area contributed by atoms with Crippen molar-refractivity contribution >= 4 is 38.4 Å². The number of nitrogens with one attached hydrogen (secondary N) is 2. The van der Waals surface area contributed by atoms with Crippen LogP contribution in [0.3, 0.4) is 0 Å². The van der Waals surface area contributed by atoms with Crippen LogP contribution in [0.5, 0.6) is 0 Å². The maximum absolute atomic E-state index is 12.6. The van der Waals surface area contributed by atoms with Gasteiger partial charge >= 0.3 is 0 Å². The first-order valence-corrected chi connectivity index (χ1v) is 9.62. The highest BCUT2D eigenvalue weighted by Gasteiger charge is 2.33. The lowest BCUT2D eigenvalue weighted by atomic mass is 9.80. The maximum atomic E-state index is 12.6. The van der Waals surface area contributed by atoms with E-state index in [1.54, 1.807) is 26.2 Å². The smallest absolute Gasteiger partial charge is 0.240 e. The fourth-order valence-electron chi connectivity index (χ4n) is 2.82. The largest absolute Gasteiger partial charge is 0.384 e. The van der Waals surface area contributed by atoms with E-state index in [2.05, 4.69) is 26.0 Å². The third-order valence-electron chi connectivity index (χ3n) is 4.19. The van der Waals surface area contributed by atoms with Gasteiger partial charge in [0.2, 0.25) is 10.0 Å². The summed E-state index contributed by atoms with van der Waals surface area (Å²) in [5.41, 5.74) is 0.606. The zero-order valence-electron chi connectivity index (χ0n) is 13.4. The van der Waals surface area contributed by atoms with E-state index in [0.29, 0.717) is 18.0 Å². The highest BCUT2D eigenvalue weighted by molar-refractivity contribution is 9.10. The molecule has 5 nitrogen and oxygen atoms in total. The molecule has 0 aromatic heterocycles. The van der Waals surface area contributed by atoms with E-state index in [0.717, 1.165) is 36.0 Å². The van der Waals surface area contributed by atoms with Gasteiger partial charge in [-0.1, -0.05) is 22.0 Å². The van der Waals surface area contributed by atoms with Crippen LogP contribution in [0.2, 0.25) is 0 Å². The fourth-order valence-corrected chi connectivity index (χ4v) is 4.76. The number of piperidine rings is 1. The molecule has 1 aliphatic rings. The van der Waals surface area contributed by atoms with Gasteiger partial charge in [-0.05, 0) is 50.6 Å². The molecule has 0 unspecified atom stereocenters. The van der Waals surface area contributed by atoms with Crippen LogP contribution in [-0.2, 0) is 14.8 Å². The minimum atomic E-state index is -3.53. The van der Waals surface area contributed by atoms with Crippen molar-refractivity contribution in [3.63, 3.8) is 0 Å². The van der Waals surface area contributed by atoms with Crippen LogP contribution in [0, 0.1) is 12.3 Å². The summed E-state index contributed by atoms with van der Waals surface area (Å²) in [6.45, 7) is 4.55. The highest BCUT2D eigenvalue weighted by atomic mass is 79.9. The molecule has 0 amide bonds. The number of halogens is 2. The van der Waals surface area contributed by atoms with Gasteiger partial charge in [-0.3, -0.25) is 0 Å². The van der Waals surface area contributed by atoms with Gasteiger partial charge in [0, 0.05) is 23.5 Å². The van der Waals surface area contributed by atoms with Crippen LogP contribution in [-0.4, -0.2) is 41.8 Å². The van der Waals surface area contributed by atoms with E-state index in [1.165, 1.54) is 0 Å². The standard InChI is InChI=1S/C15H23BrN2O3S.ClH/c1-12-3-4-13(16)9-14(12)22(19,20)18-10-15(11-21-2)5-7-17-8-6-15;/h3-4,9,17-18H,5-8,10-11H2,1-2H3;1H. The quantitative estimate of drug-likeness (QED) is 0.732. The number of aryl methyl sites for hydroxylation is 1. The molecule has 0 aliphatic carbocycles. The first-order chi connectivity index (χ1) is 10.4. The average molecular weight is 428 g/mol. The van der Waals surface area contributed by atoms with Crippen molar-refractivity contribution in [3.05, 3.63) is 28.2 Å². The molecule has 2 N–H and O–H groups in total. The molecule has 1 aromatic carbocycles. The molecule has 0 spiro atoms. The average Bonchev–Trinajstić information content (AvgIpc) is 2.49. The van der Waals surface area contributed by atoms with Gasteiger partial charge in [0.25, 0.3) is 0 Å². The molecule has 132 valence electrons. The van der Waals surface area contributed by atoms with Crippen molar-refractivity contribution in [1.29, 1.82) is 0 Å². The predicted octanol–water partition coefficient (Wildman–Crippen LogP) is 2.47. The molecule has 1 heterocycles. The van der Waals surface area contributed by atoms with Gasteiger partial charge in [-0.15, -0.1) is 12.4 Å². The van der Waals surface area contributed by atoms with Crippen molar-refractivity contribution in [1.82, 2.24) is 10.0 Å². The second-order valence-electron chi connectivity index (χ2n) is 5.92. The summed E-state index contributed by atoms with van der Waals surface area (Å²) in [6, 6.07) is 5.28. The van der Waals surface area contributed by atoms with Crippen LogP contribution < -0.4 is 10.0 Å². The third-order valence-corrected chi connectivity index (χ3v) is 6.23. The minimum absolute atomic E-state index is 0. The van der Waals surface area contributed by atoms with E-state index >= 15 is 0 Å². The molecule has 1 saturated heterocycles. The van der Waals surface area contributed by atoms with E-state index in [-0.39, 0.29) is 17.8 Å². The van der Waals surface area contributed by atoms with E-state index < -0.39 is 10.0 Å². The maximum Gasteiger partial charge on any atom is 0.240 e. The third kappa shape index (κ3) is 5.41. The summed E-state index contributed by atoms with van der Waals surface area (Å²) in [5, 5.41) is 3.30. The van der Waals surface area contributed by atoms with Crippen molar-refractivity contribution < 1.29 is 13.2 Å². The number of sulfonamides is 1. The number of methoxy groups -OCH3 is 1. The van der Waals surface area contributed by atoms with Crippen molar-refractivity contribution in [2.75, 3.05) is 33.4 Å². The van der Waals surface area contributed by atoms with Gasteiger partial charge in [0.1, 0.15) is 0 Å². The Balaban J connectivity index is 0.00000264. The zero-order valence-corrected chi connectivity index (χ0v) is 16.6. The van der Waals surface area contributed by atoms with Gasteiger partial charge in [-0.25, -0.2) is 13.1 Å². The van der Waals surface area contributed by atoms with Gasteiger partial charge in [-0.2, -0.15) is 0 Å². The van der Waals surface area contributed by atoms with E-state index in [9.17, 15) is 8.42 Å². The Morgan fingerprint density at radius 3 is 2.61 bits per heavy atom. The summed E-state index contributed by atoms with van der Waals surface area (Å²) in [6.07, 6.45) is 1.81. The number of hydrogen-bond acceptors (Lipinski definition) is 4. The van der Waals surface area contributed by atoms with Gasteiger partial charge in [0.05, 0.1) is 11.5 Å². The molecule has 1 aliphatic heterocycles. The Hall–Kier alpha value is -0.180. The van der Waals surface area contributed by atoms with Crippen molar-refractivity contribution in [2.45, 2.75) is 24.7 Å². The normalized spacial score (nSPS) is 17.5. The van der Waals surface area contributed by atoms with Crippen LogP contribution in [0.15, 0.2) is 27.6 Å². The summed E-state index contributed by atoms with van der Waals surface area (Å²) < 4.78 is 34.1. The fraction of sp³-hybridized carbons (Fsp3) is 0.600. The number of ether oxygens (including phenoxy) is 1. The number of benzene rings is 1. The SMILES string of the molecule is COCC1(CNS(=O)(=O)c2cc(Br)ccc2C)CCNCC1.Cl. The predicted molar refractivity (Wildman–Crippen MR) is 97.7 cm³/mol. The first-order valence-electron chi connectivity index (χ1n) is 7.34. The molecule has 0 radical (unpaired) electrons. The summed E-state index contributed by atoms with van der Waals surface area (Å²) in [4.78, 5) is 0.323. The van der Waals surface area contributed by atoms with Crippen molar-refractivity contribution in [2.24, 2.45) is 5.41 Å². The zero-order chi connectivity index (χ0) is 16.2. The second-order valence-corrected chi connectivity index (χ2v) is 8.57. The first kappa shape index (κ1) is 20.9. The molecule has 0 atom stereocenters. The molecular weight excluding hydrogens is 404 g/mol. The molecule has 8 heteroatoms. The van der Waals surface area contributed by atoms with Gasteiger partial charge < -0.3 is 10.1 Å². The molecule has 1 fully saturated rings. The Kier molecular flexibility index (Phi) is 7.97. The van der Waals surface area contributed by atoms with Crippen molar-refractivity contribution in [3.8, 4) is 0 Å². The van der Waals surface area contributed by atoms with Gasteiger partial charge in [0.15, 0.2) is 0 Å². The van der Waals surface area contributed by atoms with Crippen LogP contribution in [0.1, 0.15) is 18.4 Å². The van der Waals surface area contributed by atoms with E-state index in [4.69, 9.17) is 4.74 Å². The summed E-state index contributed by atoms with van der Waals surface area (Å²) in [5.74, 6) is 0. The Labute approximate surface area is 153 Å². The van der Waals surface area contributed by atoms with Crippen LogP contribution in [0.25, 0.3) is 0 Å². The molecule has 1 aromatic rings. The molecule has 23 heavy (non-hydrogen) atoms. The Morgan fingerprint density at radius 1 is 1.35 bits per heavy atom. The van der Waals surface area contributed by atoms with Crippen LogP contribution >= 0.6 is 28.3 Å². The second kappa shape index (κ2) is 8.78. The Bertz CT molecular complexity index is 614. The molecular formula is C15H24BrClN2O3S. The monoisotopic (exact) mass is 426 g/mol. The molecule has 0 bridgehead atoms. The topological polar surface area (TPSA) is 67.4 Å². The summed E-state index contributed by atoms with van der Waals surface area (Å²) >= 11 is 3.33. The lowest BCUT2D eigenvalue weighted by molar-refractivity contribution is 0.0577. The minimum Gasteiger partial charge on any atom is -0.384 e. The molecule has 0 saturated carbocycles.